The molecule has 0 aliphatic carbocycles. The van der Waals surface area contributed by atoms with Crippen molar-refractivity contribution in [1.82, 2.24) is 9.78 Å². The van der Waals surface area contributed by atoms with E-state index in [4.69, 9.17) is 4.74 Å². The average molecular weight is 316 g/mol. The van der Waals surface area contributed by atoms with Crippen LogP contribution in [-0.4, -0.2) is 15.4 Å². The molecule has 0 amide bonds. The molecule has 0 atom stereocenters. The van der Waals surface area contributed by atoms with Crippen molar-refractivity contribution < 1.29 is 22.3 Å². The molecular weight excluding hydrogens is 300 g/mol. The van der Waals surface area contributed by atoms with E-state index in [-0.39, 0.29) is 27.4 Å². The summed E-state index contributed by atoms with van der Waals surface area (Å²) in [6.07, 6.45) is -4.68. The van der Waals surface area contributed by atoms with Gasteiger partial charge in [-0.1, -0.05) is 0 Å². The summed E-state index contributed by atoms with van der Waals surface area (Å²) in [6.45, 7) is 6.74. The van der Waals surface area contributed by atoms with Crippen LogP contribution in [0.1, 0.15) is 26.5 Å². The lowest BCUT2D eigenvalue weighted by Crippen LogP contribution is -2.23. The van der Waals surface area contributed by atoms with Crippen LogP contribution in [-0.2, 0) is 6.30 Å². The third-order valence-electron chi connectivity index (χ3n) is 2.66. The minimum atomic E-state index is -4.68. The van der Waals surface area contributed by atoms with E-state index in [1.807, 2.05) is 0 Å². The fourth-order valence-electron chi connectivity index (χ4n) is 2.02. The highest BCUT2D eigenvalue weighted by Gasteiger charge is 2.35. The van der Waals surface area contributed by atoms with Crippen LogP contribution in [0.3, 0.4) is 0 Å². The Balaban J connectivity index is 2.54. The van der Waals surface area contributed by atoms with Crippen LogP contribution in [0.25, 0.3) is 11.3 Å². The molecule has 0 radical (unpaired) electrons. The first-order valence-electron chi connectivity index (χ1n) is 6.59. The van der Waals surface area contributed by atoms with Gasteiger partial charge in [-0.3, -0.25) is 0 Å². The lowest BCUT2D eigenvalue weighted by Gasteiger charge is -2.22. The summed E-state index contributed by atoms with van der Waals surface area (Å²) in [7, 11) is 0. The molecule has 2 aromatic rings. The summed E-state index contributed by atoms with van der Waals surface area (Å²) in [5.74, 6) is -0.514. The van der Waals surface area contributed by atoms with Gasteiger partial charge >= 0.3 is 6.30 Å². The summed E-state index contributed by atoms with van der Waals surface area (Å²) in [5.41, 5.74) is -0.582. The molecule has 22 heavy (non-hydrogen) atoms. The van der Waals surface area contributed by atoms with Gasteiger partial charge in [0.15, 0.2) is 0 Å². The third kappa shape index (κ3) is 3.78. The molecule has 0 unspecified atom stereocenters. The van der Waals surface area contributed by atoms with Gasteiger partial charge in [0.05, 0.1) is 11.4 Å². The molecule has 7 heteroatoms. The molecule has 1 aromatic carbocycles. The minimum Gasteiger partial charge on any atom is -0.488 e. The van der Waals surface area contributed by atoms with Gasteiger partial charge in [-0.05, 0) is 45.9 Å². The topological polar surface area (TPSA) is 27.1 Å². The van der Waals surface area contributed by atoms with Gasteiger partial charge in [-0.2, -0.15) is 9.78 Å². The van der Waals surface area contributed by atoms with Gasteiger partial charge in [0.2, 0.25) is 0 Å². The number of nitrogens with zero attached hydrogens (tertiary/aromatic N) is 2. The number of alkyl halides is 3. The maximum absolute atomic E-state index is 13.7. The predicted molar refractivity (Wildman–Crippen MR) is 74.0 cm³/mol. The Morgan fingerprint density at radius 2 is 1.68 bits per heavy atom. The second kappa shape index (κ2) is 5.30. The largest absolute Gasteiger partial charge is 0.505 e. The molecule has 0 spiro atoms. The average Bonchev–Trinajstić information content (AvgIpc) is 2.67. The van der Waals surface area contributed by atoms with E-state index in [1.165, 1.54) is 19.1 Å². The predicted octanol–water partition coefficient (Wildman–Crippen LogP) is 4.65. The Hall–Kier alpha value is -2.05. The minimum absolute atomic E-state index is 0.0529. The fraction of sp³-hybridized carbons (Fsp3) is 0.400. The number of aryl methyl sites for hydroxylation is 1. The zero-order chi connectivity index (χ0) is 16.7. The van der Waals surface area contributed by atoms with Gasteiger partial charge in [0.1, 0.15) is 17.2 Å². The lowest BCUT2D eigenvalue weighted by atomic mass is 10.1. The monoisotopic (exact) mass is 316 g/mol. The maximum atomic E-state index is 13.7. The highest BCUT2D eigenvalue weighted by Crippen LogP contribution is 2.33. The van der Waals surface area contributed by atoms with Crippen molar-refractivity contribution >= 4 is 0 Å². The molecule has 1 aromatic heterocycles. The van der Waals surface area contributed by atoms with Gasteiger partial charge in [0.25, 0.3) is 0 Å². The molecule has 0 bridgehead atoms. The molecule has 120 valence electrons. The van der Waals surface area contributed by atoms with Crippen LogP contribution in [0.5, 0.6) is 5.75 Å². The molecule has 0 N–H and O–H groups in total. The Morgan fingerprint density at radius 1 is 1.05 bits per heavy atom. The normalized spacial score (nSPS) is 12.5. The van der Waals surface area contributed by atoms with E-state index >= 15 is 0 Å². The molecule has 0 fully saturated rings. The number of benzene rings is 1. The Morgan fingerprint density at radius 3 is 2.23 bits per heavy atom. The number of aromatic nitrogens is 2. The molecule has 3 nitrogen and oxygen atoms in total. The van der Waals surface area contributed by atoms with Crippen LogP contribution in [0.4, 0.5) is 17.6 Å². The highest BCUT2D eigenvalue weighted by molar-refractivity contribution is 5.62. The number of ether oxygens (including phenoxy) is 1. The van der Waals surface area contributed by atoms with Crippen molar-refractivity contribution in [1.29, 1.82) is 0 Å². The van der Waals surface area contributed by atoms with E-state index in [1.54, 1.807) is 20.8 Å². The molecule has 0 saturated carbocycles. The van der Waals surface area contributed by atoms with Crippen molar-refractivity contribution in [3.8, 4) is 17.0 Å². The summed E-state index contributed by atoms with van der Waals surface area (Å²) < 4.78 is 58.2. The summed E-state index contributed by atoms with van der Waals surface area (Å²) >= 11 is 0. The van der Waals surface area contributed by atoms with Crippen LogP contribution < -0.4 is 4.74 Å². The third-order valence-corrected chi connectivity index (χ3v) is 2.66. The summed E-state index contributed by atoms with van der Waals surface area (Å²) in [6, 6.07) is 4.78. The van der Waals surface area contributed by atoms with Crippen molar-refractivity contribution in [3.05, 3.63) is 35.8 Å². The number of hydrogen-bond donors (Lipinski definition) is 0. The smallest absolute Gasteiger partial charge is 0.488 e. The first kappa shape index (κ1) is 16.3. The number of rotatable bonds is 2. The van der Waals surface area contributed by atoms with Crippen molar-refractivity contribution in [2.24, 2.45) is 0 Å². The van der Waals surface area contributed by atoms with Crippen molar-refractivity contribution in [2.45, 2.75) is 39.6 Å². The van der Waals surface area contributed by atoms with Gasteiger partial charge in [-0.15, -0.1) is 13.2 Å². The number of hydrogen-bond acceptors (Lipinski definition) is 2. The molecule has 0 aliphatic heterocycles. The first-order chi connectivity index (χ1) is 9.95. The van der Waals surface area contributed by atoms with Crippen LogP contribution in [0.15, 0.2) is 24.3 Å². The zero-order valence-electron chi connectivity index (χ0n) is 12.6. The van der Waals surface area contributed by atoms with E-state index in [0.717, 1.165) is 12.1 Å². The summed E-state index contributed by atoms with van der Waals surface area (Å²) in [5, 5.41) is 3.42. The van der Waals surface area contributed by atoms with E-state index in [9.17, 15) is 17.6 Å². The maximum Gasteiger partial charge on any atom is 0.505 e. The lowest BCUT2D eigenvalue weighted by molar-refractivity contribution is -0.211. The fourth-order valence-corrected chi connectivity index (χ4v) is 2.02. The molecule has 0 saturated heterocycles. The molecule has 1 heterocycles. The van der Waals surface area contributed by atoms with Crippen LogP contribution in [0.2, 0.25) is 0 Å². The Labute approximate surface area is 125 Å². The van der Waals surface area contributed by atoms with Gasteiger partial charge < -0.3 is 4.74 Å². The SMILES string of the molecule is Cc1cc(-c2cc(F)cc(OC(C)(C)C)c2)n(C(F)(F)F)n1. The second-order valence-corrected chi connectivity index (χ2v) is 5.94. The zero-order valence-corrected chi connectivity index (χ0v) is 12.6. The highest BCUT2D eigenvalue weighted by atomic mass is 19.4. The summed E-state index contributed by atoms with van der Waals surface area (Å²) in [4.78, 5) is 0. The van der Waals surface area contributed by atoms with Crippen molar-refractivity contribution in [3.63, 3.8) is 0 Å². The van der Waals surface area contributed by atoms with Gasteiger partial charge in [0, 0.05) is 11.6 Å². The van der Waals surface area contributed by atoms with Crippen LogP contribution >= 0.6 is 0 Å². The van der Waals surface area contributed by atoms with E-state index < -0.39 is 17.7 Å². The Bertz CT molecular complexity index is 684. The Kier molecular flexibility index (Phi) is 3.93. The quantitative estimate of drug-likeness (QED) is 0.754. The van der Waals surface area contributed by atoms with Crippen LogP contribution in [0, 0.1) is 12.7 Å². The van der Waals surface area contributed by atoms with Crippen molar-refractivity contribution in [2.75, 3.05) is 0 Å². The van der Waals surface area contributed by atoms with E-state index in [0.29, 0.717) is 0 Å². The molecule has 0 aliphatic rings. The number of halogens is 4. The van der Waals surface area contributed by atoms with E-state index in [2.05, 4.69) is 5.10 Å². The second-order valence-electron chi connectivity index (χ2n) is 5.94. The standard InChI is InChI=1S/C15H16F4N2O/c1-9-5-13(21(20-9)15(17,18)19)10-6-11(16)8-12(7-10)22-14(2,3)4/h5-8H,1-4H3. The molecule has 2 rings (SSSR count). The van der Waals surface area contributed by atoms with Gasteiger partial charge in [-0.25, -0.2) is 4.39 Å². The first-order valence-corrected chi connectivity index (χ1v) is 6.59. The molecular formula is C15H16F4N2O.